The number of nitrogens with two attached hydrogens (primary N) is 1. The molecule has 2 aromatic heterocycles. The van der Waals surface area contributed by atoms with Gasteiger partial charge in [0.2, 0.25) is 5.95 Å². The highest BCUT2D eigenvalue weighted by molar-refractivity contribution is 7.90. The largest absolute Gasteiger partial charge is 0.506 e. The van der Waals surface area contributed by atoms with Gasteiger partial charge in [0, 0.05) is 23.6 Å². The van der Waals surface area contributed by atoms with Gasteiger partial charge in [-0.15, -0.1) is 0 Å². The molecule has 0 atom stereocenters. The molecule has 0 aliphatic rings. The molecule has 0 spiro atoms. The quantitative estimate of drug-likeness (QED) is 0.652. The van der Waals surface area contributed by atoms with Crippen molar-refractivity contribution in [3.8, 4) is 28.8 Å². The van der Waals surface area contributed by atoms with Crippen LogP contribution in [0.1, 0.15) is 16.8 Å². The summed E-state index contributed by atoms with van der Waals surface area (Å²) in [6, 6.07) is 7.81. The topological polar surface area (TPSA) is 119 Å². The number of nitrogens with zero attached hydrogens (tertiary/aromatic N) is 3. The number of sulfone groups is 1. The predicted octanol–water partition coefficient (Wildman–Crippen LogP) is 1.94. The van der Waals surface area contributed by atoms with E-state index in [0.29, 0.717) is 28.1 Å². The van der Waals surface area contributed by atoms with E-state index in [9.17, 15) is 13.5 Å². The summed E-state index contributed by atoms with van der Waals surface area (Å²) >= 11 is 0. The van der Waals surface area contributed by atoms with E-state index in [1.807, 2.05) is 0 Å². The Kier molecular flexibility index (Phi) is 4.79. The molecular weight excluding hydrogens is 364 g/mol. The smallest absolute Gasteiger partial charge is 0.220 e. The number of hydrogen-bond donors (Lipinski definition) is 2. The normalized spacial score (nSPS) is 10.9. The second-order valence-corrected chi connectivity index (χ2v) is 7.88. The molecule has 0 fully saturated rings. The molecule has 0 amide bonds. The van der Waals surface area contributed by atoms with Gasteiger partial charge in [-0.05, 0) is 25.1 Å². The number of benzene rings is 1. The molecule has 0 bridgehead atoms. The maximum Gasteiger partial charge on any atom is 0.220 e. The van der Waals surface area contributed by atoms with Gasteiger partial charge in [-0.2, -0.15) is 0 Å². The van der Waals surface area contributed by atoms with Crippen molar-refractivity contribution in [1.82, 2.24) is 15.0 Å². The van der Waals surface area contributed by atoms with E-state index in [1.54, 1.807) is 19.1 Å². The van der Waals surface area contributed by atoms with Crippen LogP contribution in [0, 0.1) is 18.8 Å². The molecule has 2 heterocycles. The van der Waals surface area contributed by atoms with Gasteiger partial charge in [0.05, 0.1) is 28.0 Å². The van der Waals surface area contributed by atoms with Crippen LogP contribution in [0.2, 0.25) is 0 Å². The second kappa shape index (κ2) is 7.05. The first-order valence-corrected chi connectivity index (χ1v) is 9.74. The van der Waals surface area contributed by atoms with Gasteiger partial charge < -0.3 is 10.8 Å². The minimum atomic E-state index is -3.29. The summed E-state index contributed by atoms with van der Waals surface area (Å²) in [5, 5.41) is 9.50. The molecule has 3 N–H and O–H groups in total. The first kappa shape index (κ1) is 18.4. The fraction of sp³-hybridized carbons (Fsp3) is 0.105. The second-order valence-electron chi connectivity index (χ2n) is 5.87. The number of aryl methyl sites for hydroxylation is 1. The summed E-state index contributed by atoms with van der Waals surface area (Å²) < 4.78 is 23.3. The lowest BCUT2D eigenvalue weighted by molar-refractivity contribution is 0.472. The maximum atomic E-state index is 11.6. The number of rotatable bonds is 2. The number of nitrogen functional groups attached to an aromatic ring is 1. The van der Waals surface area contributed by atoms with Gasteiger partial charge in [-0.25, -0.2) is 18.4 Å². The molecule has 0 unspecified atom stereocenters. The molecule has 136 valence electrons. The van der Waals surface area contributed by atoms with Crippen molar-refractivity contribution >= 4 is 15.8 Å². The maximum absolute atomic E-state index is 11.6. The average molecular weight is 380 g/mol. The van der Waals surface area contributed by atoms with Crippen LogP contribution >= 0.6 is 0 Å². The molecule has 3 aromatic rings. The molecule has 0 saturated heterocycles. The van der Waals surface area contributed by atoms with Crippen molar-refractivity contribution in [2.75, 3.05) is 12.0 Å². The average Bonchev–Trinajstić information content (AvgIpc) is 2.60. The molecular formula is C19H16N4O3S. The van der Waals surface area contributed by atoms with E-state index in [4.69, 9.17) is 5.73 Å². The van der Waals surface area contributed by atoms with E-state index in [2.05, 4.69) is 26.8 Å². The van der Waals surface area contributed by atoms with E-state index in [-0.39, 0.29) is 16.6 Å². The van der Waals surface area contributed by atoms with Crippen molar-refractivity contribution < 1.29 is 13.5 Å². The van der Waals surface area contributed by atoms with Crippen LogP contribution in [-0.2, 0) is 9.84 Å². The number of aromatic hydroxyl groups is 1. The van der Waals surface area contributed by atoms with E-state index >= 15 is 0 Å². The molecule has 7 nitrogen and oxygen atoms in total. The monoisotopic (exact) mass is 380 g/mol. The standard InChI is InChI=1S/C19H16N4O3S/c1-12-17(8-3-13-9-15(24)11-21-10-13)18(23-19(20)22-12)14-4-6-16(7-5-14)27(2,25)26/h4-7,9-11,24H,1-2H3,(H2,20,22,23). The minimum Gasteiger partial charge on any atom is -0.506 e. The van der Waals surface area contributed by atoms with Crippen molar-refractivity contribution in [2.24, 2.45) is 0 Å². The predicted molar refractivity (Wildman–Crippen MR) is 102 cm³/mol. The highest BCUT2D eigenvalue weighted by atomic mass is 32.2. The van der Waals surface area contributed by atoms with Crippen LogP contribution in [0.3, 0.4) is 0 Å². The lowest BCUT2D eigenvalue weighted by Gasteiger charge is -2.08. The van der Waals surface area contributed by atoms with Gasteiger partial charge in [-0.3, -0.25) is 4.98 Å². The SMILES string of the molecule is Cc1nc(N)nc(-c2ccc(S(C)(=O)=O)cc2)c1C#Cc1cncc(O)c1. The van der Waals surface area contributed by atoms with Gasteiger partial charge in [0.15, 0.2) is 9.84 Å². The first-order valence-electron chi connectivity index (χ1n) is 7.84. The highest BCUT2D eigenvalue weighted by Crippen LogP contribution is 2.25. The molecule has 0 saturated carbocycles. The zero-order chi connectivity index (χ0) is 19.6. The molecule has 1 aromatic carbocycles. The number of hydrogen-bond acceptors (Lipinski definition) is 7. The lowest BCUT2D eigenvalue weighted by atomic mass is 10.0. The van der Waals surface area contributed by atoms with E-state index in [1.165, 1.54) is 30.6 Å². The molecule has 0 radical (unpaired) electrons. The van der Waals surface area contributed by atoms with Crippen molar-refractivity contribution in [1.29, 1.82) is 0 Å². The summed E-state index contributed by atoms with van der Waals surface area (Å²) in [6.07, 6.45) is 3.99. The van der Waals surface area contributed by atoms with E-state index < -0.39 is 9.84 Å². The Hall–Kier alpha value is -3.44. The zero-order valence-corrected chi connectivity index (χ0v) is 15.4. The third-order valence-electron chi connectivity index (χ3n) is 3.72. The Morgan fingerprint density at radius 3 is 2.41 bits per heavy atom. The number of pyridine rings is 1. The molecule has 8 heteroatoms. The Morgan fingerprint density at radius 1 is 1.07 bits per heavy atom. The Bertz CT molecular complexity index is 1180. The third-order valence-corrected chi connectivity index (χ3v) is 4.85. The summed E-state index contributed by atoms with van der Waals surface area (Å²) in [7, 11) is -3.29. The number of anilines is 1. The summed E-state index contributed by atoms with van der Waals surface area (Å²) in [4.78, 5) is 12.5. The lowest BCUT2D eigenvalue weighted by Crippen LogP contribution is -2.03. The number of aromatic nitrogens is 3. The highest BCUT2D eigenvalue weighted by Gasteiger charge is 2.13. The van der Waals surface area contributed by atoms with Gasteiger partial charge in [0.25, 0.3) is 0 Å². The summed E-state index contributed by atoms with van der Waals surface area (Å²) in [6.45, 7) is 1.76. The molecule has 0 aliphatic carbocycles. The summed E-state index contributed by atoms with van der Waals surface area (Å²) in [5.74, 6) is 6.03. The van der Waals surface area contributed by atoms with Crippen LogP contribution in [0.5, 0.6) is 5.75 Å². The fourth-order valence-corrected chi connectivity index (χ4v) is 3.07. The fourth-order valence-electron chi connectivity index (χ4n) is 2.44. The van der Waals surface area contributed by atoms with Crippen LogP contribution in [-0.4, -0.2) is 34.7 Å². The molecule has 27 heavy (non-hydrogen) atoms. The Labute approximate surface area is 156 Å². The molecule has 3 rings (SSSR count). The van der Waals surface area contributed by atoms with Crippen molar-refractivity contribution in [2.45, 2.75) is 11.8 Å². The van der Waals surface area contributed by atoms with Crippen LogP contribution in [0.25, 0.3) is 11.3 Å². The third kappa shape index (κ3) is 4.22. The molecule has 0 aliphatic heterocycles. The van der Waals surface area contributed by atoms with Crippen molar-refractivity contribution in [3.63, 3.8) is 0 Å². The van der Waals surface area contributed by atoms with Gasteiger partial charge >= 0.3 is 0 Å². The van der Waals surface area contributed by atoms with Gasteiger partial charge in [-0.1, -0.05) is 24.0 Å². The van der Waals surface area contributed by atoms with Crippen LogP contribution in [0.4, 0.5) is 5.95 Å². The van der Waals surface area contributed by atoms with Crippen molar-refractivity contribution in [3.05, 3.63) is 59.5 Å². The van der Waals surface area contributed by atoms with Crippen LogP contribution in [0.15, 0.2) is 47.6 Å². The Balaban J connectivity index is 2.11. The minimum absolute atomic E-state index is 0.0173. The summed E-state index contributed by atoms with van der Waals surface area (Å²) in [5.41, 5.74) is 8.62. The first-order chi connectivity index (χ1) is 12.7. The zero-order valence-electron chi connectivity index (χ0n) is 14.6. The van der Waals surface area contributed by atoms with E-state index in [0.717, 1.165) is 6.26 Å². The Morgan fingerprint density at radius 2 is 1.78 bits per heavy atom. The van der Waals surface area contributed by atoms with Crippen LogP contribution < -0.4 is 5.73 Å². The van der Waals surface area contributed by atoms with Gasteiger partial charge in [0.1, 0.15) is 5.75 Å².